The zero-order valence-electron chi connectivity index (χ0n) is 8.76. The van der Waals surface area contributed by atoms with Crippen LogP contribution in [0.1, 0.15) is 24.7 Å². The summed E-state index contributed by atoms with van der Waals surface area (Å²) in [6.45, 7) is 3.22. The Hall–Kier alpha value is -1.52. The number of imidazole rings is 1. The molecule has 1 amide bonds. The highest BCUT2D eigenvalue weighted by Gasteiger charge is 2.23. The molecule has 5 nitrogen and oxygen atoms in total. The van der Waals surface area contributed by atoms with E-state index in [2.05, 4.69) is 9.55 Å². The summed E-state index contributed by atoms with van der Waals surface area (Å²) in [5.41, 5.74) is 0. The van der Waals surface area contributed by atoms with E-state index < -0.39 is 6.09 Å². The van der Waals surface area contributed by atoms with Crippen LogP contribution in [0.5, 0.6) is 0 Å². The third-order valence-corrected chi connectivity index (χ3v) is 2.99. The Morgan fingerprint density at radius 3 is 2.67 bits per heavy atom. The molecule has 2 rings (SSSR count). The summed E-state index contributed by atoms with van der Waals surface area (Å²) in [6, 6.07) is 0.406. The van der Waals surface area contributed by atoms with E-state index in [-0.39, 0.29) is 0 Å². The van der Waals surface area contributed by atoms with Crippen LogP contribution in [-0.4, -0.2) is 38.7 Å². The van der Waals surface area contributed by atoms with Crippen molar-refractivity contribution >= 4 is 6.09 Å². The van der Waals surface area contributed by atoms with Crippen molar-refractivity contribution in [2.24, 2.45) is 0 Å². The highest BCUT2D eigenvalue weighted by atomic mass is 16.4. The molecule has 0 aliphatic carbocycles. The third kappa shape index (κ3) is 1.95. The van der Waals surface area contributed by atoms with E-state index in [9.17, 15) is 4.79 Å². The van der Waals surface area contributed by atoms with Gasteiger partial charge in [0.15, 0.2) is 0 Å². The molecule has 0 aromatic carbocycles. The molecule has 1 fully saturated rings. The monoisotopic (exact) mass is 209 g/mol. The minimum atomic E-state index is -0.809. The molecular weight excluding hydrogens is 194 g/mol. The molecule has 15 heavy (non-hydrogen) atoms. The lowest BCUT2D eigenvalue weighted by Gasteiger charge is -2.31. The van der Waals surface area contributed by atoms with Crippen molar-refractivity contribution in [2.45, 2.75) is 25.8 Å². The molecule has 0 bridgehead atoms. The van der Waals surface area contributed by atoms with Crippen molar-refractivity contribution in [3.8, 4) is 0 Å². The van der Waals surface area contributed by atoms with Gasteiger partial charge in [-0.2, -0.15) is 0 Å². The normalized spacial score (nSPS) is 18.1. The first-order valence-electron chi connectivity index (χ1n) is 5.16. The summed E-state index contributed by atoms with van der Waals surface area (Å²) >= 11 is 0. The Bertz CT molecular complexity index is 353. The number of likely N-dealkylation sites (tertiary alicyclic amines) is 1. The predicted octanol–water partition coefficient (Wildman–Crippen LogP) is 1.51. The van der Waals surface area contributed by atoms with Crippen LogP contribution in [0.2, 0.25) is 0 Å². The molecule has 1 aliphatic heterocycles. The van der Waals surface area contributed by atoms with Crippen LogP contribution < -0.4 is 0 Å². The van der Waals surface area contributed by atoms with Gasteiger partial charge >= 0.3 is 6.09 Å². The predicted molar refractivity (Wildman–Crippen MR) is 54.8 cm³/mol. The SMILES string of the molecule is Cc1nccn1C1CCN(C(=O)O)CC1. The number of piperidine rings is 1. The second kappa shape index (κ2) is 3.92. The van der Waals surface area contributed by atoms with Gasteiger partial charge in [0.2, 0.25) is 0 Å². The summed E-state index contributed by atoms with van der Waals surface area (Å²) in [6.07, 6.45) is 4.71. The number of carboxylic acid groups (broad SMARTS) is 1. The van der Waals surface area contributed by atoms with Crippen molar-refractivity contribution in [3.05, 3.63) is 18.2 Å². The van der Waals surface area contributed by atoms with Crippen LogP contribution in [0.25, 0.3) is 0 Å². The third-order valence-electron chi connectivity index (χ3n) is 2.99. The second-order valence-electron chi connectivity index (χ2n) is 3.88. The Kier molecular flexibility index (Phi) is 2.62. The zero-order chi connectivity index (χ0) is 10.8. The topological polar surface area (TPSA) is 58.4 Å². The molecule has 0 atom stereocenters. The lowest BCUT2D eigenvalue weighted by Crippen LogP contribution is -2.38. The van der Waals surface area contributed by atoms with Crippen LogP contribution >= 0.6 is 0 Å². The van der Waals surface area contributed by atoms with Gasteiger partial charge in [-0.1, -0.05) is 0 Å². The first kappa shape index (κ1) is 10.0. The molecule has 0 saturated carbocycles. The van der Waals surface area contributed by atoms with Gasteiger partial charge in [0, 0.05) is 31.5 Å². The number of aromatic nitrogens is 2. The van der Waals surface area contributed by atoms with Gasteiger partial charge in [-0.15, -0.1) is 0 Å². The van der Waals surface area contributed by atoms with E-state index in [1.54, 1.807) is 6.20 Å². The van der Waals surface area contributed by atoms with Crippen LogP contribution in [0.15, 0.2) is 12.4 Å². The number of nitrogens with zero attached hydrogens (tertiary/aromatic N) is 3. The summed E-state index contributed by atoms with van der Waals surface area (Å²) in [7, 11) is 0. The molecule has 1 saturated heterocycles. The van der Waals surface area contributed by atoms with E-state index >= 15 is 0 Å². The maximum atomic E-state index is 10.7. The van der Waals surface area contributed by atoms with Gasteiger partial charge in [-0.25, -0.2) is 9.78 Å². The van der Waals surface area contributed by atoms with Crippen molar-refractivity contribution in [1.82, 2.24) is 14.5 Å². The maximum absolute atomic E-state index is 10.7. The minimum Gasteiger partial charge on any atom is -0.465 e. The van der Waals surface area contributed by atoms with Gasteiger partial charge in [0.25, 0.3) is 0 Å². The Labute approximate surface area is 88.3 Å². The van der Waals surface area contributed by atoms with Crippen LogP contribution in [-0.2, 0) is 0 Å². The first-order valence-corrected chi connectivity index (χ1v) is 5.16. The lowest BCUT2D eigenvalue weighted by atomic mass is 10.1. The summed E-state index contributed by atoms with van der Waals surface area (Å²) in [4.78, 5) is 16.4. The number of amides is 1. The minimum absolute atomic E-state index is 0.406. The Balaban J connectivity index is 2.00. The summed E-state index contributed by atoms with van der Waals surface area (Å²) in [5.74, 6) is 1.00. The lowest BCUT2D eigenvalue weighted by molar-refractivity contribution is 0.125. The number of carbonyl (C=O) groups is 1. The van der Waals surface area contributed by atoms with Crippen molar-refractivity contribution in [2.75, 3.05) is 13.1 Å². The summed E-state index contributed by atoms with van der Waals surface area (Å²) in [5, 5.41) is 8.82. The highest BCUT2D eigenvalue weighted by molar-refractivity contribution is 5.64. The van der Waals surface area contributed by atoms with Crippen molar-refractivity contribution in [3.63, 3.8) is 0 Å². The molecule has 1 aromatic heterocycles. The molecule has 1 aromatic rings. The molecule has 1 aliphatic rings. The smallest absolute Gasteiger partial charge is 0.407 e. The van der Waals surface area contributed by atoms with Gasteiger partial charge in [0.1, 0.15) is 5.82 Å². The molecule has 5 heteroatoms. The quantitative estimate of drug-likeness (QED) is 0.762. The van der Waals surface area contributed by atoms with Crippen molar-refractivity contribution in [1.29, 1.82) is 0 Å². The molecule has 1 N–H and O–H groups in total. The number of hydrogen-bond donors (Lipinski definition) is 1. The maximum Gasteiger partial charge on any atom is 0.407 e. The fraction of sp³-hybridized carbons (Fsp3) is 0.600. The van der Waals surface area contributed by atoms with Crippen LogP contribution in [0.4, 0.5) is 4.79 Å². The molecule has 0 radical (unpaired) electrons. The summed E-state index contributed by atoms with van der Waals surface area (Å²) < 4.78 is 2.14. The molecule has 82 valence electrons. The Morgan fingerprint density at radius 2 is 2.20 bits per heavy atom. The number of hydrogen-bond acceptors (Lipinski definition) is 2. The second-order valence-corrected chi connectivity index (χ2v) is 3.88. The molecule has 0 spiro atoms. The average molecular weight is 209 g/mol. The van der Waals surface area contributed by atoms with Crippen LogP contribution in [0, 0.1) is 6.92 Å². The zero-order valence-corrected chi connectivity index (χ0v) is 8.76. The van der Waals surface area contributed by atoms with Gasteiger partial charge in [-0.05, 0) is 19.8 Å². The van der Waals surface area contributed by atoms with E-state index in [0.29, 0.717) is 19.1 Å². The van der Waals surface area contributed by atoms with E-state index in [1.165, 1.54) is 4.90 Å². The van der Waals surface area contributed by atoms with E-state index in [1.807, 2.05) is 13.1 Å². The largest absolute Gasteiger partial charge is 0.465 e. The van der Waals surface area contributed by atoms with Gasteiger partial charge in [-0.3, -0.25) is 0 Å². The Morgan fingerprint density at radius 1 is 1.53 bits per heavy atom. The molecule has 0 unspecified atom stereocenters. The fourth-order valence-corrected chi connectivity index (χ4v) is 2.11. The highest BCUT2D eigenvalue weighted by Crippen LogP contribution is 2.23. The number of rotatable bonds is 1. The van der Waals surface area contributed by atoms with Crippen LogP contribution in [0.3, 0.4) is 0 Å². The average Bonchev–Trinajstić information content (AvgIpc) is 2.65. The van der Waals surface area contributed by atoms with E-state index in [4.69, 9.17) is 5.11 Å². The standard InChI is InChI=1S/C10H15N3O2/c1-8-11-4-7-13(8)9-2-5-12(6-3-9)10(14)15/h4,7,9H,2-3,5-6H2,1H3,(H,14,15). The van der Waals surface area contributed by atoms with E-state index in [0.717, 1.165) is 18.7 Å². The number of aryl methyl sites for hydroxylation is 1. The molecular formula is C10H15N3O2. The van der Waals surface area contributed by atoms with Gasteiger partial charge < -0.3 is 14.6 Å². The fourth-order valence-electron chi connectivity index (χ4n) is 2.11. The first-order chi connectivity index (χ1) is 7.18. The molecule has 2 heterocycles. The van der Waals surface area contributed by atoms with Crippen molar-refractivity contribution < 1.29 is 9.90 Å². The van der Waals surface area contributed by atoms with Gasteiger partial charge in [0.05, 0.1) is 0 Å².